The van der Waals surface area contributed by atoms with E-state index in [-0.39, 0.29) is 23.7 Å². The molecule has 0 spiro atoms. The third-order valence-electron chi connectivity index (χ3n) is 3.22. The summed E-state index contributed by atoms with van der Waals surface area (Å²) in [5.41, 5.74) is 2.51. The molecule has 0 fully saturated rings. The van der Waals surface area contributed by atoms with Crippen LogP contribution in [0.25, 0.3) is 0 Å². The van der Waals surface area contributed by atoms with Gasteiger partial charge in [-0.2, -0.15) is 4.99 Å². The molecule has 6 heteroatoms. The fraction of sp³-hybridized carbons (Fsp3) is 0.235. The van der Waals surface area contributed by atoms with E-state index in [9.17, 15) is 9.18 Å². The molecule has 1 unspecified atom stereocenters. The summed E-state index contributed by atoms with van der Waals surface area (Å²) in [4.78, 5) is 20.3. The van der Waals surface area contributed by atoms with Crippen LogP contribution in [-0.4, -0.2) is 16.6 Å². The Balaban J connectivity index is 2.16. The number of carbonyl (C=O) groups is 1. The fourth-order valence-corrected chi connectivity index (χ4v) is 2.46. The minimum absolute atomic E-state index is 0.116. The molecule has 1 N–H and O–H groups in total. The molecular formula is C17H18FN3OS. The standard InChI is InChI=1S/C17H18FN3OS/c1-12-5-3-4-10-19-11-23-17(21-16(12)22)20-13(2)14-6-8-15(18)9-7-14/h3-13H,1-2H3,(H,20,21,22)/b5-3-,10-4-,19-11+/t12-,13?/m0/s1. The molecule has 0 radical (unpaired) electrons. The van der Waals surface area contributed by atoms with Gasteiger partial charge in [0.25, 0.3) is 5.91 Å². The van der Waals surface area contributed by atoms with Crippen LogP contribution in [0.3, 0.4) is 0 Å². The second-order valence-corrected chi connectivity index (χ2v) is 5.89. The summed E-state index contributed by atoms with van der Waals surface area (Å²) >= 11 is 1.23. The first-order chi connectivity index (χ1) is 11.1. The quantitative estimate of drug-likeness (QED) is 0.896. The van der Waals surface area contributed by atoms with Crippen molar-refractivity contribution >= 4 is 28.4 Å². The molecule has 2 rings (SSSR count). The van der Waals surface area contributed by atoms with Gasteiger partial charge in [-0.05, 0) is 49.4 Å². The number of benzene rings is 1. The number of carbonyl (C=O) groups excluding carboxylic acids is 1. The Bertz CT molecular complexity index is 665. The number of thioether (sulfide) groups is 1. The first kappa shape index (κ1) is 17.1. The van der Waals surface area contributed by atoms with Crippen molar-refractivity contribution < 1.29 is 9.18 Å². The van der Waals surface area contributed by atoms with E-state index in [1.165, 1.54) is 23.9 Å². The first-order valence-corrected chi connectivity index (χ1v) is 8.10. The molecule has 1 aliphatic heterocycles. The lowest BCUT2D eigenvalue weighted by atomic mass is 10.1. The third kappa shape index (κ3) is 5.49. The molecule has 1 aliphatic rings. The molecule has 4 nitrogen and oxygen atoms in total. The van der Waals surface area contributed by atoms with Crippen LogP contribution in [-0.2, 0) is 4.79 Å². The van der Waals surface area contributed by atoms with Crippen molar-refractivity contribution in [1.82, 2.24) is 5.32 Å². The van der Waals surface area contributed by atoms with Crippen molar-refractivity contribution in [3.8, 4) is 0 Å². The van der Waals surface area contributed by atoms with E-state index < -0.39 is 0 Å². The number of amidine groups is 1. The van der Waals surface area contributed by atoms with Crippen molar-refractivity contribution in [2.75, 3.05) is 0 Å². The fourth-order valence-electron chi connectivity index (χ4n) is 1.84. The number of hydrogen-bond acceptors (Lipinski definition) is 4. The minimum Gasteiger partial charge on any atom is -0.358 e. The average molecular weight is 331 g/mol. The Morgan fingerprint density at radius 3 is 2.74 bits per heavy atom. The Morgan fingerprint density at radius 2 is 2.00 bits per heavy atom. The number of hydrogen-bond donors (Lipinski definition) is 1. The van der Waals surface area contributed by atoms with Gasteiger partial charge in [0.2, 0.25) is 0 Å². The average Bonchev–Trinajstić information content (AvgIpc) is 2.56. The summed E-state index contributed by atoms with van der Waals surface area (Å²) in [7, 11) is 0. The largest absolute Gasteiger partial charge is 0.358 e. The SMILES string of the molecule is CC(N/C1=N/C(=O)[C@@H](C)\C=C/C=C\N=C\S1)c1ccc(F)cc1. The van der Waals surface area contributed by atoms with Gasteiger partial charge in [-0.15, -0.1) is 0 Å². The molecule has 1 amide bonds. The van der Waals surface area contributed by atoms with Gasteiger partial charge in [0.05, 0.1) is 17.5 Å². The summed E-state index contributed by atoms with van der Waals surface area (Å²) in [5.74, 6) is -0.820. The number of nitrogens with one attached hydrogen (secondary N) is 1. The van der Waals surface area contributed by atoms with E-state index >= 15 is 0 Å². The van der Waals surface area contributed by atoms with Gasteiger partial charge in [0.15, 0.2) is 5.17 Å². The van der Waals surface area contributed by atoms with E-state index in [0.717, 1.165) is 5.56 Å². The van der Waals surface area contributed by atoms with Gasteiger partial charge in [-0.3, -0.25) is 9.79 Å². The highest BCUT2D eigenvalue weighted by Gasteiger charge is 2.13. The molecule has 23 heavy (non-hydrogen) atoms. The van der Waals surface area contributed by atoms with Crippen molar-refractivity contribution in [3.05, 3.63) is 60.1 Å². The van der Waals surface area contributed by atoms with Gasteiger partial charge >= 0.3 is 0 Å². The summed E-state index contributed by atoms with van der Waals surface area (Å²) in [5, 5.41) is 3.64. The molecule has 2 atom stereocenters. The maximum atomic E-state index is 13.0. The van der Waals surface area contributed by atoms with E-state index in [4.69, 9.17) is 0 Å². The minimum atomic E-state index is -0.309. The number of halogens is 1. The van der Waals surface area contributed by atoms with Crippen LogP contribution in [0, 0.1) is 11.7 Å². The van der Waals surface area contributed by atoms with Crippen LogP contribution in [0.5, 0.6) is 0 Å². The second-order valence-electron chi connectivity index (χ2n) is 5.06. The molecule has 1 aromatic rings. The lowest BCUT2D eigenvalue weighted by molar-refractivity contribution is -0.119. The van der Waals surface area contributed by atoms with Crippen LogP contribution in [0.2, 0.25) is 0 Å². The summed E-state index contributed by atoms with van der Waals surface area (Å²) in [6, 6.07) is 6.10. The van der Waals surface area contributed by atoms with E-state index in [0.29, 0.717) is 5.17 Å². The number of amides is 1. The maximum absolute atomic E-state index is 13.0. The molecule has 0 saturated carbocycles. The van der Waals surface area contributed by atoms with Crippen molar-refractivity contribution in [3.63, 3.8) is 0 Å². The lowest BCUT2D eigenvalue weighted by Crippen LogP contribution is -2.26. The Hall–Kier alpha value is -2.21. The number of allylic oxidation sites excluding steroid dienone is 2. The van der Waals surface area contributed by atoms with E-state index in [2.05, 4.69) is 15.3 Å². The topological polar surface area (TPSA) is 53.8 Å². The monoisotopic (exact) mass is 331 g/mol. The zero-order chi connectivity index (χ0) is 16.7. The predicted octanol–water partition coefficient (Wildman–Crippen LogP) is 3.84. The highest BCUT2D eigenvalue weighted by Crippen LogP contribution is 2.15. The van der Waals surface area contributed by atoms with Crippen molar-refractivity contribution in [2.45, 2.75) is 19.9 Å². The first-order valence-electron chi connectivity index (χ1n) is 7.22. The predicted molar refractivity (Wildman–Crippen MR) is 93.9 cm³/mol. The Labute approximate surface area is 139 Å². The summed E-state index contributed by atoms with van der Waals surface area (Å²) in [6.07, 6.45) is 6.96. The number of rotatable bonds is 2. The zero-order valence-electron chi connectivity index (χ0n) is 12.9. The van der Waals surface area contributed by atoms with E-state index in [1.807, 2.05) is 6.92 Å². The smallest absolute Gasteiger partial charge is 0.254 e. The Morgan fingerprint density at radius 1 is 1.26 bits per heavy atom. The van der Waals surface area contributed by atoms with Crippen LogP contribution in [0.4, 0.5) is 4.39 Å². The van der Waals surface area contributed by atoms with Gasteiger partial charge in [0, 0.05) is 6.20 Å². The summed E-state index contributed by atoms with van der Waals surface area (Å²) in [6.45, 7) is 3.72. The van der Waals surface area contributed by atoms with Crippen LogP contribution < -0.4 is 5.32 Å². The maximum Gasteiger partial charge on any atom is 0.254 e. The van der Waals surface area contributed by atoms with Crippen molar-refractivity contribution in [2.24, 2.45) is 15.9 Å². The molecule has 1 aromatic carbocycles. The molecule has 0 saturated heterocycles. The molecule has 1 heterocycles. The van der Waals surface area contributed by atoms with Crippen LogP contribution in [0.1, 0.15) is 25.5 Å². The van der Waals surface area contributed by atoms with Crippen LogP contribution in [0.15, 0.2) is 58.7 Å². The number of aliphatic imine (C=N–C) groups is 2. The van der Waals surface area contributed by atoms with Crippen molar-refractivity contribution in [1.29, 1.82) is 0 Å². The molecule has 120 valence electrons. The third-order valence-corrected chi connectivity index (χ3v) is 3.88. The molecular weight excluding hydrogens is 313 g/mol. The Kier molecular flexibility index (Phi) is 6.29. The lowest BCUT2D eigenvalue weighted by Gasteiger charge is -2.16. The van der Waals surface area contributed by atoms with Crippen LogP contribution >= 0.6 is 11.8 Å². The summed E-state index contributed by atoms with van der Waals surface area (Å²) < 4.78 is 13.0. The second kappa shape index (κ2) is 8.43. The molecule has 0 aliphatic carbocycles. The highest BCUT2D eigenvalue weighted by atomic mass is 32.2. The molecule has 0 bridgehead atoms. The normalized spacial score (nSPS) is 26.3. The van der Waals surface area contributed by atoms with Gasteiger partial charge < -0.3 is 5.32 Å². The van der Waals surface area contributed by atoms with E-state index in [1.54, 1.807) is 49.0 Å². The molecule has 0 aromatic heterocycles. The number of nitrogens with zero attached hydrogens (tertiary/aromatic N) is 2. The van der Waals surface area contributed by atoms with Gasteiger partial charge in [-0.25, -0.2) is 4.39 Å². The van der Waals surface area contributed by atoms with Gasteiger partial charge in [-0.1, -0.05) is 24.3 Å². The van der Waals surface area contributed by atoms with Gasteiger partial charge in [0.1, 0.15) is 5.82 Å². The highest BCUT2D eigenvalue weighted by molar-refractivity contribution is 8.25. The zero-order valence-corrected chi connectivity index (χ0v) is 13.8.